The Balaban J connectivity index is 2.06. The van der Waals surface area contributed by atoms with Gasteiger partial charge in [0.2, 0.25) is 0 Å². The lowest BCUT2D eigenvalue weighted by atomic mass is 9.89. The highest BCUT2D eigenvalue weighted by atomic mass is 16.5. The minimum absolute atomic E-state index is 0.0109. The van der Waals surface area contributed by atoms with Gasteiger partial charge in [-0.15, -0.1) is 0 Å². The lowest BCUT2D eigenvalue weighted by Gasteiger charge is -2.41. The van der Waals surface area contributed by atoms with Gasteiger partial charge in [-0.1, -0.05) is 6.07 Å². The summed E-state index contributed by atoms with van der Waals surface area (Å²) in [6.07, 6.45) is 2.89. The van der Waals surface area contributed by atoms with E-state index in [1.54, 1.807) is 7.11 Å². The number of nitrogens with zero attached hydrogens (tertiary/aromatic N) is 1. The van der Waals surface area contributed by atoms with Gasteiger partial charge in [-0.2, -0.15) is 0 Å². The van der Waals surface area contributed by atoms with Crippen LogP contribution in [0.15, 0.2) is 18.3 Å². The molecule has 1 aliphatic heterocycles. The third kappa shape index (κ3) is 1.79. The Hall–Kier alpha value is -0.930. The van der Waals surface area contributed by atoms with E-state index < -0.39 is 0 Å². The summed E-state index contributed by atoms with van der Waals surface area (Å²) in [7, 11) is 1.78. The van der Waals surface area contributed by atoms with Crippen molar-refractivity contribution in [1.82, 2.24) is 10.3 Å². The van der Waals surface area contributed by atoms with Crippen LogP contribution in [0.2, 0.25) is 0 Å². The van der Waals surface area contributed by atoms with E-state index in [1.165, 1.54) is 5.56 Å². The smallest absolute Gasteiger partial charge is 0.0966 e. The van der Waals surface area contributed by atoms with Crippen molar-refractivity contribution in [1.29, 1.82) is 0 Å². The second kappa shape index (κ2) is 3.67. The van der Waals surface area contributed by atoms with Crippen molar-refractivity contribution in [2.45, 2.75) is 18.9 Å². The van der Waals surface area contributed by atoms with Crippen molar-refractivity contribution in [2.75, 3.05) is 20.2 Å². The maximum absolute atomic E-state index is 5.52. The van der Waals surface area contributed by atoms with Crippen LogP contribution in [0.3, 0.4) is 0 Å². The SMILES string of the molecule is COC1(Cc2ccc(C)nc2)CNC1. The molecule has 1 saturated heterocycles. The summed E-state index contributed by atoms with van der Waals surface area (Å²) in [5.74, 6) is 0. The minimum Gasteiger partial charge on any atom is -0.375 e. The fourth-order valence-electron chi connectivity index (χ4n) is 1.72. The zero-order valence-corrected chi connectivity index (χ0v) is 8.71. The standard InChI is InChI=1S/C11H16N2O/c1-9-3-4-10(6-13-9)5-11(14-2)7-12-8-11/h3-4,6,12H,5,7-8H2,1-2H3. The molecule has 0 aromatic carbocycles. The number of ether oxygens (including phenoxy) is 1. The molecule has 3 nitrogen and oxygen atoms in total. The van der Waals surface area contributed by atoms with Gasteiger partial charge in [0.05, 0.1) is 5.60 Å². The molecule has 0 atom stereocenters. The van der Waals surface area contributed by atoms with E-state index in [0.29, 0.717) is 0 Å². The van der Waals surface area contributed by atoms with Gasteiger partial charge in [-0.25, -0.2) is 0 Å². The number of methoxy groups -OCH3 is 1. The molecule has 0 saturated carbocycles. The van der Waals surface area contributed by atoms with E-state index in [-0.39, 0.29) is 5.60 Å². The van der Waals surface area contributed by atoms with Gasteiger partial charge >= 0.3 is 0 Å². The summed E-state index contributed by atoms with van der Waals surface area (Å²) < 4.78 is 5.52. The van der Waals surface area contributed by atoms with Gasteiger partial charge in [0.25, 0.3) is 0 Å². The maximum atomic E-state index is 5.52. The van der Waals surface area contributed by atoms with Crippen molar-refractivity contribution in [2.24, 2.45) is 0 Å². The summed E-state index contributed by atoms with van der Waals surface area (Å²) in [5, 5.41) is 3.24. The molecule has 1 aromatic heterocycles. The molecule has 1 aromatic rings. The van der Waals surface area contributed by atoms with Crippen LogP contribution in [0.4, 0.5) is 0 Å². The number of aromatic nitrogens is 1. The fourth-order valence-corrected chi connectivity index (χ4v) is 1.72. The molecule has 3 heteroatoms. The number of aryl methyl sites for hydroxylation is 1. The normalized spacial score (nSPS) is 19.0. The van der Waals surface area contributed by atoms with Gasteiger partial charge < -0.3 is 10.1 Å². The third-order valence-corrected chi connectivity index (χ3v) is 2.83. The lowest BCUT2D eigenvalue weighted by Crippen LogP contribution is -2.61. The van der Waals surface area contributed by atoms with Gasteiger partial charge in [0, 0.05) is 38.5 Å². The molecule has 0 amide bonds. The van der Waals surface area contributed by atoms with Crippen molar-refractivity contribution in [3.8, 4) is 0 Å². The monoisotopic (exact) mass is 192 g/mol. The Bertz CT molecular complexity index is 298. The van der Waals surface area contributed by atoms with Gasteiger partial charge in [-0.3, -0.25) is 4.98 Å². The molecule has 14 heavy (non-hydrogen) atoms. The number of hydrogen-bond acceptors (Lipinski definition) is 3. The quantitative estimate of drug-likeness (QED) is 0.773. The number of hydrogen-bond donors (Lipinski definition) is 1. The van der Waals surface area contributed by atoms with Crippen LogP contribution in [-0.2, 0) is 11.2 Å². The molecule has 2 rings (SSSR count). The van der Waals surface area contributed by atoms with E-state index >= 15 is 0 Å². The highest BCUT2D eigenvalue weighted by Gasteiger charge is 2.36. The Morgan fingerprint density at radius 1 is 1.50 bits per heavy atom. The Morgan fingerprint density at radius 3 is 2.71 bits per heavy atom. The molecule has 1 aliphatic rings. The van der Waals surface area contributed by atoms with Crippen LogP contribution in [0, 0.1) is 6.92 Å². The van der Waals surface area contributed by atoms with Gasteiger partial charge in [-0.05, 0) is 18.6 Å². The zero-order valence-electron chi connectivity index (χ0n) is 8.71. The second-order valence-electron chi connectivity index (χ2n) is 3.98. The average Bonchev–Trinajstić information content (AvgIpc) is 2.15. The van der Waals surface area contributed by atoms with E-state index in [9.17, 15) is 0 Å². The summed E-state index contributed by atoms with van der Waals surface area (Å²) in [4.78, 5) is 4.28. The molecule has 0 spiro atoms. The molecular formula is C11H16N2O. The van der Waals surface area contributed by atoms with Crippen molar-refractivity contribution >= 4 is 0 Å². The van der Waals surface area contributed by atoms with Crippen LogP contribution in [-0.4, -0.2) is 30.8 Å². The number of pyridine rings is 1. The molecule has 1 fully saturated rings. The summed E-state index contributed by atoms with van der Waals surface area (Å²) in [6.45, 7) is 3.88. The molecule has 0 radical (unpaired) electrons. The average molecular weight is 192 g/mol. The molecule has 0 bridgehead atoms. The van der Waals surface area contributed by atoms with Gasteiger partial charge in [0.1, 0.15) is 0 Å². The third-order valence-electron chi connectivity index (χ3n) is 2.83. The molecule has 2 heterocycles. The summed E-state index contributed by atoms with van der Waals surface area (Å²) >= 11 is 0. The van der Waals surface area contributed by atoms with Crippen LogP contribution in [0.25, 0.3) is 0 Å². The first kappa shape index (κ1) is 9.62. The first-order valence-electron chi connectivity index (χ1n) is 4.91. The second-order valence-corrected chi connectivity index (χ2v) is 3.98. The Kier molecular flexibility index (Phi) is 2.52. The Morgan fingerprint density at radius 2 is 2.29 bits per heavy atom. The van der Waals surface area contributed by atoms with Crippen LogP contribution in [0.1, 0.15) is 11.3 Å². The summed E-state index contributed by atoms with van der Waals surface area (Å²) in [5.41, 5.74) is 2.32. The van der Waals surface area contributed by atoms with Crippen LogP contribution >= 0.6 is 0 Å². The zero-order chi connectivity index (χ0) is 10.0. The first-order valence-corrected chi connectivity index (χ1v) is 4.91. The fraction of sp³-hybridized carbons (Fsp3) is 0.545. The molecule has 0 aliphatic carbocycles. The number of nitrogens with one attached hydrogen (secondary N) is 1. The van der Waals surface area contributed by atoms with Crippen molar-refractivity contribution in [3.63, 3.8) is 0 Å². The number of rotatable bonds is 3. The predicted molar refractivity (Wildman–Crippen MR) is 55.3 cm³/mol. The largest absolute Gasteiger partial charge is 0.375 e. The maximum Gasteiger partial charge on any atom is 0.0966 e. The van der Waals surface area contributed by atoms with E-state index in [4.69, 9.17) is 4.74 Å². The Labute approximate surface area is 84.5 Å². The summed E-state index contributed by atoms with van der Waals surface area (Å²) in [6, 6.07) is 4.17. The predicted octanol–water partition coefficient (Wildman–Crippen LogP) is 0.921. The van der Waals surface area contributed by atoms with Gasteiger partial charge in [0.15, 0.2) is 0 Å². The van der Waals surface area contributed by atoms with E-state index in [0.717, 1.165) is 25.2 Å². The minimum atomic E-state index is 0.0109. The van der Waals surface area contributed by atoms with Crippen LogP contribution < -0.4 is 5.32 Å². The van der Waals surface area contributed by atoms with E-state index in [1.807, 2.05) is 19.2 Å². The molecule has 76 valence electrons. The molecular weight excluding hydrogens is 176 g/mol. The highest BCUT2D eigenvalue weighted by Crippen LogP contribution is 2.21. The topological polar surface area (TPSA) is 34.1 Å². The van der Waals surface area contributed by atoms with Crippen molar-refractivity contribution < 1.29 is 4.74 Å². The van der Waals surface area contributed by atoms with Crippen LogP contribution in [0.5, 0.6) is 0 Å². The molecule has 1 N–H and O–H groups in total. The van der Waals surface area contributed by atoms with Crippen molar-refractivity contribution in [3.05, 3.63) is 29.6 Å². The van der Waals surface area contributed by atoms with E-state index in [2.05, 4.69) is 16.4 Å². The highest BCUT2D eigenvalue weighted by molar-refractivity contribution is 5.17. The molecule has 0 unspecified atom stereocenters. The lowest BCUT2D eigenvalue weighted by molar-refractivity contribution is -0.0502. The first-order chi connectivity index (χ1) is 6.74.